The molecule has 0 fully saturated rings. The Bertz CT molecular complexity index is 1010. The molecule has 3 aromatic rings. The highest BCUT2D eigenvalue weighted by Gasteiger charge is 2.23. The molecule has 7 heteroatoms. The lowest BCUT2D eigenvalue weighted by molar-refractivity contribution is 0.0910. The van der Waals surface area contributed by atoms with Crippen LogP contribution in [0.4, 0.5) is 0 Å². The van der Waals surface area contributed by atoms with Gasteiger partial charge in [0.2, 0.25) is 5.89 Å². The summed E-state index contributed by atoms with van der Waals surface area (Å²) in [5.41, 5.74) is 3.00. The second-order valence-electron chi connectivity index (χ2n) is 8.76. The van der Waals surface area contributed by atoms with Crippen molar-refractivity contribution in [3.05, 3.63) is 47.5 Å². The largest absolute Gasteiger partial charge is 0.420 e. The summed E-state index contributed by atoms with van der Waals surface area (Å²) in [5, 5.41) is 15.7. The molecule has 2 aromatic heterocycles. The molecule has 3 rings (SSSR count). The second-order valence-corrected chi connectivity index (χ2v) is 8.76. The van der Waals surface area contributed by atoms with Crippen molar-refractivity contribution in [2.45, 2.75) is 60.4 Å². The zero-order chi connectivity index (χ0) is 21.3. The van der Waals surface area contributed by atoms with E-state index < -0.39 is 0 Å². The first-order valence-corrected chi connectivity index (χ1v) is 9.88. The summed E-state index contributed by atoms with van der Waals surface area (Å²) in [5.74, 6) is 1.00. The van der Waals surface area contributed by atoms with Gasteiger partial charge in [0.25, 0.3) is 11.8 Å². The standard InChI is InChI=1S/C22H29N5O2/c1-13(2)19-12-18(21-25-24-15(4)29-21)26-27(19)17-10-8-9-16(11-17)20(28)23-14(3)22(5,6)7/h8-14H,1-7H3,(H,23,28)/t14-/m0/s1. The smallest absolute Gasteiger partial charge is 0.268 e. The number of nitrogens with one attached hydrogen (secondary N) is 1. The minimum absolute atomic E-state index is 0.0167. The molecule has 1 atom stereocenters. The van der Waals surface area contributed by atoms with Crippen molar-refractivity contribution in [2.75, 3.05) is 0 Å². The Morgan fingerprint density at radius 3 is 2.45 bits per heavy atom. The molecular weight excluding hydrogens is 366 g/mol. The Kier molecular flexibility index (Phi) is 5.59. The molecule has 0 saturated carbocycles. The maximum atomic E-state index is 12.8. The van der Waals surface area contributed by atoms with Crippen molar-refractivity contribution in [2.24, 2.45) is 5.41 Å². The van der Waals surface area contributed by atoms with Crippen LogP contribution in [0.1, 0.15) is 69.4 Å². The van der Waals surface area contributed by atoms with E-state index >= 15 is 0 Å². The number of amides is 1. The number of carbonyl (C=O) groups excluding carboxylic acids is 1. The highest BCUT2D eigenvalue weighted by Crippen LogP contribution is 2.26. The number of rotatable bonds is 5. The number of carbonyl (C=O) groups is 1. The van der Waals surface area contributed by atoms with Crippen LogP contribution in [0.2, 0.25) is 0 Å². The van der Waals surface area contributed by atoms with Crippen molar-refractivity contribution < 1.29 is 9.21 Å². The van der Waals surface area contributed by atoms with Crippen molar-refractivity contribution in [1.29, 1.82) is 0 Å². The molecule has 0 aliphatic rings. The van der Waals surface area contributed by atoms with Crippen LogP contribution in [0.25, 0.3) is 17.3 Å². The lowest BCUT2D eigenvalue weighted by atomic mass is 9.88. The van der Waals surface area contributed by atoms with Gasteiger partial charge < -0.3 is 9.73 Å². The fourth-order valence-electron chi connectivity index (χ4n) is 2.79. The first-order valence-electron chi connectivity index (χ1n) is 9.88. The molecule has 0 bridgehead atoms. The maximum absolute atomic E-state index is 12.8. The summed E-state index contributed by atoms with van der Waals surface area (Å²) in [6, 6.07) is 9.47. The van der Waals surface area contributed by atoms with E-state index in [0.717, 1.165) is 11.4 Å². The lowest BCUT2D eigenvalue weighted by Crippen LogP contribution is -2.41. The average molecular weight is 396 g/mol. The van der Waals surface area contributed by atoms with Crippen molar-refractivity contribution in [1.82, 2.24) is 25.3 Å². The number of benzene rings is 1. The second kappa shape index (κ2) is 7.81. The van der Waals surface area contributed by atoms with E-state index in [9.17, 15) is 4.79 Å². The lowest BCUT2D eigenvalue weighted by Gasteiger charge is -2.28. The monoisotopic (exact) mass is 395 g/mol. The Morgan fingerprint density at radius 2 is 1.86 bits per heavy atom. The summed E-state index contributed by atoms with van der Waals surface area (Å²) in [6.07, 6.45) is 0. The minimum Gasteiger partial charge on any atom is -0.420 e. The Balaban J connectivity index is 1.96. The molecule has 2 heterocycles. The normalized spacial score (nSPS) is 13.0. The molecule has 0 unspecified atom stereocenters. The van der Waals surface area contributed by atoms with Gasteiger partial charge in [0.1, 0.15) is 5.69 Å². The third-order valence-electron chi connectivity index (χ3n) is 5.07. The first-order chi connectivity index (χ1) is 13.6. The van der Waals surface area contributed by atoms with E-state index in [1.807, 2.05) is 41.9 Å². The van der Waals surface area contributed by atoms with Gasteiger partial charge in [0.15, 0.2) is 0 Å². The Labute approximate surface area is 171 Å². The molecule has 1 N–H and O–H groups in total. The number of aryl methyl sites for hydroxylation is 1. The molecule has 0 saturated heterocycles. The van der Waals surface area contributed by atoms with Crippen LogP contribution < -0.4 is 5.32 Å². The highest BCUT2D eigenvalue weighted by molar-refractivity contribution is 5.95. The SMILES string of the molecule is Cc1nnc(-c2cc(C(C)C)n(-c3cccc(C(=O)N[C@@H](C)C(C)(C)C)c3)n2)o1. The van der Waals surface area contributed by atoms with E-state index in [4.69, 9.17) is 4.42 Å². The number of nitrogens with zero attached hydrogens (tertiary/aromatic N) is 4. The predicted octanol–water partition coefficient (Wildman–Crippen LogP) is 4.52. The van der Waals surface area contributed by atoms with Crippen LogP contribution in [0, 0.1) is 12.3 Å². The van der Waals surface area contributed by atoms with Crippen LogP contribution in [-0.2, 0) is 0 Å². The molecule has 0 spiro atoms. The molecule has 7 nitrogen and oxygen atoms in total. The van der Waals surface area contributed by atoms with E-state index in [-0.39, 0.29) is 23.3 Å². The van der Waals surface area contributed by atoms with Gasteiger partial charge in [-0.3, -0.25) is 4.79 Å². The molecule has 1 amide bonds. The Hall–Kier alpha value is -2.96. The first kappa shape index (κ1) is 20.8. The van der Waals surface area contributed by atoms with Crippen LogP contribution in [-0.4, -0.2) is 31.9 Å². The van der Waals surface area contributed by atoms with Gasteiger partial charge in [-0.25, -0.2) is 4.68 Å². The summed E-state index contributed by atoms with van der Waals surface area (Å²) < 4.78 is 7.37. The maximum Gasteiger partial charge on any atom is 0.268 e. The third-order valence-corrected chi connectivity index (χ3v) is 5.07. The highest BCUT2D eigenvalue weighted by atomic mass is 16.4. The average Bonchev–Trinajstić information content (AvgIpc) is 3.27. The Morgan fingerprint density at radius 1 is 1.14 bits per heavy atom. The fraction of sp³-hybridized carbons (Fsp3) is 0.455. The summed E-state index contributed by atoms with van der Waals surface area (Å²) in [4.78, 5) is 12.8. The summed E-state index contributed by atoms with van der Waals surface area (Å²) in [7, 11) is 0. The summed E-state index contributed by atoms with van der Waals surface area (Å²) >= 11 is 0. The molecule has 0 radical (unpaired) electrons. The zero-order valence-corrected chi connectivity index (χ0v) is 18.1. The van der Waals surface area contributed by atoms with Gasteiger partial charge in [-0.1, -0.05) is 40.7 Å². The minimum atomic E-state index is -0.0970. The molecule has 0 aliphatic carbocycles. The molecule has 1 aromatic carbocycles. The van der Waals surface area contributed by atoms with Gasteiger partial charge in [0, 0.05) is 24.2 Å². The topological polar surface area (TPSA) is 85.8 Å². The van der Waals surface area contributed by atoms with E-state index in [0.29, 0.717) is 23.0 Å². The van der Waals surface area contributed by atoms with E-state index in [2.05, 4.69) is 55.2 Å². The number of hydrogen-bond donors (Lipinski definition) is 1. The molecular formula is C22H29N5O2. The van der Waals surface area contributed by atoms with Gasteiger partial charge in [-0.15, -0.1) is 10.2 Å². The van der Waals surface area contributed by atoms with E-state index in [1.165, 1.54) is 0 Å². The van der Waals surface area contributed by atoms with Crippen LogP contribution in [0.5, 0.6) is 0 Å². The fourth-order valence-corrected chi connectivity index (χ4v) is 2.79. The predicted molar refractivity (Wildman–Crippen MR) is 112 cm³/mol. The van der Waals surface area contributed by atoms with Gasteiger partial charge in [0.05, 0.1) is 5.69 Å². The number of aromatic nitrogens is 4. The van der Waals surface area contributed by atoms with Gasteiger partial charge >= 0.3 is 0 Å². The quantitative estimate of drug-likeness (QED) is 0.686. The number of hydrogen-bond acceptors (Lipinski definition) is 5. The van der Waals surface area contributed by atoms with Gasteiger partial charge in [-0.2, -0.15) is 5.10 Å². The third kappa shape index (κ3) is 4.55. The van der Waals surface area contributed by atoms with Gasteiger partial charge in [-0.05, 0) is 42.5 Å². The summed E-state index contributed by atoms with van der Waals surface area (Å²) in [6.45, 7) is 14.3. The molecule has 0 aliphatic heterocycles. The van der Waals surface area contributed by atoms with Crippen molar-refractivity contribution >= 4 is 5.91 Å². The van der Waals surface area contributed by atoms with Crippen LogP contribution in [0.3, 0.4) is 0 Å². The van der Waals surface area contributed by atoms with E-state index in [1.54, 1.807) is 6.92 Å². The van der Waals surface area contributed by atoms with Crippen LogP contribution in [0.15, 0.2) is 34.7 Å². The van der Waals surface area contributed by atoms with Crippen molar-refractivity contribution in [3.8, 4) is 17.3 Å². The molecule has 29 heavy (non-hydrogen) atoms. The van der Waals surface area contributed by atoms with Crippen LogP contribution >= 0.6 is 0 Å². The van der Waals surface area contributed by atoms with Crippen molar-refractivity contribution in [3.63, 3.8) is 0 Å². The molecule has 154 valence electrons. The zero-order valence-electron chi connectivity index (χ0n) is 18.1.